The summed E-state index contributed by atoms with van der Waals surface area (Å²) in [4.78, 5) is 13.9. The highest BCUT2D eigenvalue weighted by Gasteiger charge is 2.24. The van der Waals surface area contributed by atoms with E-state index in [0.717, 1.165) is 25.9 Å². The Balaban J connectivity index is 1.99. The van der Waals surface area contributed by atoms with Crippen molar-refractivity contribution < 1.29 is 14.3 Å². The van der Waals surface area contributed by atoms with Crippen LogP contribution < -0.4 is 15.2 Å². The van der Waals surface area contributed by atoms with Crippen LogP contribution in [0.5, 0.6) is 11.5 Å². The zero-order valence-electron chi connectivity index (χ0n) is 11.4. The van der Waals surface area contributed by atoms with Gasteiger partial charge in [-0.3, -0.25) is 4.79 Å². The Labute approximate surface area is 113 Å². The van der Waals surface area contributed by atoms with Crippen molar-refractivity contribution in [3.63, 3.8) is 0 Å². The molecule has 19 heavy (non-hydrogen) atoms. The Bertz CT molecular complexity index is 456. The molecule has 1 amide bonds. The third kappa shape index (κ3) is 3.10. The minimum Gasteiger partial charge on any atom is -0.495 e. The van der Waals surface area contributed by atoms with Gasteiger partial charge in [-0.15, -0.1) is 0 Å². The molecule has 5 nitrogen and oxygen atoms in total. The van der Waals surface area contributed by atoms with Crippen molar-refractivity contribution in [3.05, 3.63) is 18.2 Å². The molecule has 1 aromatic carbocycles. The fraction of sp³-hybridized carbons (Fsp3) is 0.500. The van der Waals surface area contributed by atoms with Crippen LogP contribution in [-0.2, 0) is 4.79 Å². The Morgan fingerprint density at radius 3 is 2.63 bits per heavy atom. The van der Waals surface area contributed by atoms with Crippen LogP contribution in [0.1, 0.15) is 19.8 Å². The lowest BCUT2D eigenvalue weighted by Gasteiger charge is -2.21. The summed E-state index contributed by atoms with van der Waals surface area (Å²) in [6.07, 6.45) is 1.66. The van der Waals surface area contributed by atoms with E-state index < -0.39 is 6.10 Å². The number of nitrogen functional groups attached to an aromatic ring is 1. The topological polar surface area (TPSA) is 64.8 Å². The van der Waals surface area contributed by atoms with E-state index in [1.807, 2.05) is 4.90 Å². The molecule has 2 rings (SSSR count). The van der Waals surface area contributed by atoms with Gasteiger partial charge in [-0.25, -0.2) is 0 Å². The minimum atomic E-state index is -0.495. The predicted octanol–water partition coefficient (Wildman–Crippen LogP) is 1.67. The number of nitrogens with two attached hydrogens (primary N) is 1. The van der Waals surface area contributed by atoms with E-state index in [4.69, 9.17) is 15.2 Å². The van der Waals surface area contributed by atoms with Crippen molar-refractivity contribution in [2.75, 3.05) is 25.9 Å². The molecular weight excluding hydrogens is 244 g/mol. The zero-order chi connectivity index (χ0) is 13.8. The Morgan fingerprint density at radius 2 is 2.05 bits per heavy atom. The second-order valence-electron chi connectivity index (χ2n) is 4.70. The van der Waals surface area contributed by atoms with E-state index in [1.165, 1.54) is 0 Å². The van der Waals surface area contributed by atoms with Gasteiger partial charge in [-0.2, -0.15) is 0 Å². The summed E-state index contributed by atoms with van der Waals surface area (Å²) in [6, 6.07) is 5.16. The lowest BCUT2D eigenvalue weighted by atomic mass is 10.2. The number of likely N-dealkylation sites (tertiary alicyclic amines) is 1. The van der Waals surface area contributed by atoms with Crippen LogP contribution in [0.15, 0.2) is 18.2 Å². The zero-order valence-corrected chi connectivity index (χ0v) is 11.4. The molecule has 1 unspecified atom stereocenters. The first-order valence-electron chi connectivity index (χ1n) is 6.51. The molecule has 0 radical (unpaired) electrons. The van der Waals surface area contributed by atoms with Crippen molar-refractivity contribution >= 4 is 11.6 Å². The van der Waals surface area contributed by atoms with E-state index >= 15 is 0 Å². The van der Waals surface area contributed by atoms with E-state index in [1.54, 1.807) is 32.2 Å². The molecule has 5 heteroatoms. The van der Waals surface area contributed by atoms with Crippen LogP contribution >= 0.6 is 0 Å². The van der Waals surface area contributed by atoms with Gasteiger partial charge in [0.25, 0.3) is 5.91 Å². The number of rotatable bonds is 4. The molecule has 1 aliphatic heterocycles. The van der Waals surface area contributed by atoms with E-state index in [-0.39, 0.29) is 5.91 Å². The first-order chi connectivity index (χ1) is 9.11. The van der Waals surface area contributed by atoms with Crippen molar-refractivity contribution in [1.82, 2.24) is 4.90 Å². The average molecular weight is 264 g/mol. The van der Waals surface area contributed by atoms with E-state index in [0.29, 0.717) is 17.2 Å². The lowest BCUT2D eigenvalue weighted by Crippen LogP contribution is -2.38. The second kappa shape index (κ2) is 5.82. The fourth-order valence-corrected chi connectivity index (χ4v) is 2.23. The first kappa shape index (κ1) is 13.5. The SMILES string of the molecule is COc1ccc(OC(C)C(=O)N2CCCC2)cc1N. The van der Waals surface area contributed by atoms with Crippen LogP contribution in [0, 0.1) is 0 Å². The summed E-state index contributed by atoms with van der Waals surface area (Å²) in [5.74, 6) is 1.22. The van der Waals surface area contributed by atoms with Gasteiger partial charge >= 0.3 is 0 Å². The molecular formula is C14H20N2O3. The molecule has 0 bridgehead atoms. The van der Waals surface area contributed by atoms with Gasteiger partial charge < -0.3 is 20.1 Å². The average Bonchev–Trinajstić information content (AvgIpc) is 2.92. The van der Waals surface area contributed by atoms with Crippen LogP contribution in [0.3, 0.4) is 0 Å². The number of benzene rings is 1. The number of anilines is 1. The summed E-state index contributed by atoms with van der Waals surface area (Å²) in [5, 5.41) is 0. The normalized spacial score (nSPS) is 16.2. The highest BCUT2D eigenvalue weighted by molar-refractivity contribution is 5.81. The number of carbonyl (C=O) groups is 1. The maximum atomic E-state index is 12.1. The summed E-state index contributed by atoms with van der Waals surface area (Å²) in [6.45, 7) is 3.43. The molecule has 104 valence electrons. The molecule has 1 fully saturated rings. The van der Waals surface area contributed by atoms with Gasteiger partial charge in [0, 0.05) is 19.2 Å². The maximum absolute atomic E-state index is 12.1. The second-order valence-corrected chi connectivity index (χ2v) is 4.70. The fourth-order valence-electron chi connectivity index (χ4n) is 2.23. The molecule has 0 aromatic heterocycles. The van der Waals surface area contributed by atoms with Gasteiger partial charge in [0.1, 0.15) is 11.5 Å². The summed E-state index contributed by atoms with van der Waals surface area (Å²) < 4.78 is 10.7. The van der Waals surface area contributed by atoms with Crippen molar-refractivity contribution in [2.24, 2.45) is 0 Å². The number of amides is 1. The highest BCUT2D eigenvalue weighted by Crippen LogP contribution is 2.26. The predicted molar refractivity (Wildman–Crippen MR) is 73.3 cm³/mol. The third-order valence-electron chi connectivity index (χ3n) is 3.28. The summed E-state index contributed by atoms with van der Waals surface area (Å²) >= 11 is 0. The molecule has 0 aliphatic carbocycles. The Hall–Kier alpha value is -1.91. The quantitative estimate of drug-likeness (QED) is 0.840. The van der Waals surface area contributed by atoms with Gasteiger partial charge in [0.05, 0.1) is 12.8 Å². The number of nitrogens with zero attached hydrogens (tertiary/aromatic N) is 1. The molecule has 2 N–H and O–H groups in total. The molecule has 1 heterocycles. The molecule has 1 aliphatic rings. The Kier molecular flexibility index (Phi) is 4.14. The van der Waals surface area contributed by atoms with Gasteiger partial charge in [-0.05, 0) is 31.9 Å². The van der Waals surface area contributed by atoms with Gasteiger partial charge in [-0.1, -0.05) is 0 Å². The molecule has 0 saturated carbocycles. The summed E-state index contributed by atoms with van der Waals surface area (Å²) in [7, 11) is 1.56. The molecule has 1 aromatic rings. The molecule has 0 spiro atoms. The standard InChI is InChI=1S/C14H20N2O3/c1-10(14(17)16-7-3-4-8-16)19-11-5-6-13(18-2)12(15)9-11/h5-6,9-10H,3-4,7-8,15H2,1-2H3. The minimum absolute atomic E-state index is 0.0342. The van der Waals surface area contributed by atoms with E-state index in [9.17, 15) is 4.79 Å². The number of methoxy groups -OCH3 is 1. The number of hydrogen-bond acceptors (Lipinski definition) is 4. The smallest absolute Gasteiger partial charge is 0.263 e. The van der Waals surface area contributed by atoms with Gasteiger partial charge in [0.15, 0.2) is 6.10 Å². The summed E-state index contributed by atoms with van der Waals surface area (Å²) in [5.41, 5.74) is 6.31. The van der Waals surface area contributed by atoms with Crippen molar-refractivity contribution in [2.45, 2.75) is 25.9 Å². The van der Waals surface area contributed by atoms with Crippen LogP contribution in [0.25, 0.3) is 0 Å². The van der Waals surface area contributed by atoms with Gasteiger partial charge in [0.2, 0.25) is 0 Å². The first-order valence-corrected chi connectivity index (χ1v) is 6.51. The maximum Gasteiger partial charge on any atom is 0.263 e. The van der Waals surface area contributed by atoms with E-state index in [2.05, 4.69) is 0 Å². The number of ether oxygens (including phenoxy) is 2. The van der Waals surface area contributed by atoms with Crippen molar-refractivity contribution in [1.29, 1.82) is 0 Å². The van der Waals surface area contributed by atoms with Crippen molar-refractivity contribution in [3.8, 4) is 11.5 Å². The third-order valence-corrected chi connectivity index (χ3v) is 3.28. The largest absolute Gasteiger partial charge is 0.495 e. The lowest BCUT2D eigenvalue weighted by molar-refractivity contribution is -0.136. The van der Waals surface area contributed by atoms with Crippen LogP contribution in [-0.4, -0.2) is 37.1 Å². The highest BCUT2D eigenvalue weighted by atomic mass is 16.5. The number of hydrogen-bond donors (Lipinski definition) is 1. The Morgan fingerprint density at radius 1 is 1.37 bits per heavy atom. The molecule has 1 atom stereocenters. The number of carbonyl (C=O) groups excluding carboxylic acids is 1. The monoisotopic (exact) mass is 264 g/mol. The van der Waals surface area contributed by atoms with Crippen LogP contribution in [0.2, 0.25) is 0 Å². The van der Waals surface area contributed by atoms with Crippen LogP contribution in [0.4, 0.5) is 5.69 Å². The molecule has 1 saturated heterocycles.